The van der Waals surface area contributed by atoms with E-state index in [1.165, 1.54) is 0 Å². The van der Waals surface area contributed by atoms with E-state index in [0.29, 0.717) is 6.54 Å². The van der Waals surface area contributed by atoms with Crippen molar-refractivity contribution in [2.24, 2.45) is 0 Å². The molecule has 1 aromatic rings. The first kappa shape index (κ1) is 17.0. The fourth-order valence-electron chi connectivity index (χ4n) is 2.23. The summed E-state index contributed by atoms with van der Waals surface area (Å²) in [5.74, 6) is 0.121. The third-order valence-electron chi connectivity index (χ3n) is 3.60. The van der Waals surface area contributed by atoms with Crippen LogP contribution in [-0.4, -0.2) is 37.0 Å². The van der Waals surface area contributed by atoms with Gasteiger partial charge in [-0.3, -0.25) is 9.69 Å². The lowest BCUT2D eigenvalue weighted by Gasteiger charge is -2.24. The molecule has 0 spiro atoms. The second-order valence-electron chi connectivity index (χ2n) is 4.98. The van der Waals surface area contributed by atoms with Crippen molar-refractivity contribution in [2.45, 2.75) is 39.2 Å². The van der Waals surface area contributed by atoms with E-state index in [1.807, 2.05) is 38.2 Å². The van der Waals surface area contributed by atoms with E-state index in [2.05, 4.69) is 17.1 Å². The molecule has 0 heterocycles. The van der Waals surface area contributed by atoms with Crippen LogP contribution in [0.5, 0.6) is 0 Å². The molecule has 0 saturated carbocycles. The van der Waals surface area contributed by atoms with E-state index in [0.717, 1.165) is 36.4 Å². The first-order valence-corrected chi connectivity index (χ1v) is 7.69. The van der Waals surface area contributed by atoms with Crippen LogP contribution in [0.2, 0.25) is 5.02 Å². The van der Waals surface area contributed by atoms with Crippen LogP contribution in [-0.2, 0) is 11.2 Å². The molecule has 1 N–H and O–H groups in total. The highest BCUT2D eigenvalue weighted by molar-refractivity contribution is 6.31. The molecule has 1 rings (SSSR count). The number of rotatable bonds is 8. The number of carbonyl (C=O) groups is 1. The van der Waals surface area contributed by atoms with Gasteiger partial charge >= 0.3 is 0 Å². The van der Waals surface area contributed by atoms with Gasteiger partial charge in [-0.1, -0.05) is 43.6 Å². The molecule has 1 aromatic carbocycles. The zero-order valence-electron chi connectivity index (χ0n) is 12.7. The maximum Gasteiger partial charge on any atom is 0.237 e. The normalized spacial score (nSPS) is 12.4. The highest BCUT2D eigenvalue weighted by Crippen LogP contribution is 2.16. The van der Waals surface area contributed by atoms with Gasteiger partial charge in [-0.15, -0.1) is 0 Å². The van der Waals surface area contributed by atoms with Gasteiger partial charge < -0.3 is 5.32 Å². The van der Waals surface area contributed by atoms with E-state index >= 15 is 0 Å². The summed E-state index contributed by atoms with van der Waals surface area (Å²) in [6, 6.07) is 7.83. The standard InChI is InChI=1S/C16H25ClN2O/c1-4-15(19(3)5-2)16(20)18-12-8-10-13-9-6-7-11-14(13)17/h6-7,9,11,15H,4-5,8,10,12H2,1-3H3,(H,18,20). The van der Waals surface area contributed by atoms with Crippen molar-refractivity contribution in [3.05, 3.63) is 34.9 Å². The molecule has 0 bridgehead atoms. The zero-order valence-corrected chi connectivity index (χ0v) is 13.4. The van der Waals surface area contributed by atoms with Gasteiger partial charge in [-0.25, -0.2) is 0 Å². The van der Waals surface area contributed by atoms with Crippen LogP contribution >= 0.6 is 11.6 Å². The van der Waals surface area contributed by atoms with Crippen LogP contribution in [0.15, 0.2) is 24.3 Å². The Morgan fingerprint density at radius 2 is 2.05 bits per heavy atom. The molecule has 0 aliphatic carbocycles. The van der Waals surface area contributed by atoms with Gasteiger partial charge in [0.1, 0.15) is 0 Å². The smallest absolute Gasteiger partial charge is 0.237 e. The average Bonchev–Trinajstić information content (AvgIpc) is 2.45. The zero-order chi connectivity index (χ0) is 15.0. The summed E-state index contributed by atoms with van der Waals surface area (Å²) in [6.07, 6.45) is 2.63. The predicted molar refractivity (Wildman–Crippen MR) is 85.2 cm³/mol. The lowest BCUT2D eigenvalue weighted by molar-refractivity contribution is -0.126. The van der Waals surface area contributed by atoms with Gasteiger partial charge in [0.15, 0.2) is 0 Å². The minimum Gasteiger partial charge on any atom is -0.355 e. The first-order chi connectivity index (χ1) is 9.60. The summed E-state index contributed by atoms with van der Waals surface area (Å²) in [5.41, 5.74) is 1.14. The van der Waals surface area contributed by atoms with Gasteiger partial charge in [0.05, 0.1) is 6.04 Å². The number of carbonyl (C=O) groups excluding carboxylic acids is 1. The molecular weight excluding hydrogens is 272 g/mol. The average molecular weight is 297 g/mol. The summed E-state index contributed by atoms with van der Waals surface area (Å²) >= 11 is 6.10. The predicted octanol–water partition coefficient (Wildman–Crippen LogP) is 3.12. The van der Waals surface area contributed by atoms with E-state index in [-0.39, 0.29) is 11.9 Å². The van der Waals surface area contributed by atoms with Crippen molar-refractivity contribution in [2.75, 3.05) is 20.1 Å². The lowest BCUT2D eigenvalue weighted by Crippen LogP contribution is -2.45. The van der Waals surface area contributed by atoms with Gasteiger partial charge in [0.2, 0.25) is 5.91 Å². The van der Waals surface area contributed by atoms with Crippen LogP contribution in [0.1, 0.15) is 32.3 Å². The summed E-state index contributed by atoms with van der Waals surface area (Å²) in [7, 11) is 1.98. The van der Waals surface area contributed by atoms with Crippen molar-refractivity contribution in [3.63, 3.8) is 0 Å². The Bertz CT molecular complexity index is 423. The number of hydrogen-bond acceptors (Lipinski definition) is 2. The number of benzene rings is 1. The number of halogens is 1. The monoisotopic (exact) mass is 296 g/mol. The Morgan fingerprint density at radius 3 is 2.65 bits per heavy atom. The van der Waals surface area contributed by atoms with E-state index < -0.39 is 0 Å². The Kier molecular flexibility index (Phi) is 7.63. The summed E-state index contributed by atoms with van der Waals surface area (Å²) in [5, 5.41) is 3.82. The van der Waals surface area contributed by atoms with Crippen LogP contribution in [0.4, 0.5) is 0 Å². The Hall–Kier alpha value is -1.06. The second kappa shape index (κ2) is 8.98. The number of nitrogens with zero attached hydrogens (tertiary/aromatic N) is 1. The molecule has 0 aliphatic rings. The fourth-order valence-corrected chi connectivity index (χ4v) is 2.46. The van der Waals surface area contributed by atoms with Gasteiger partial charge in [0, 0.05) is 11.6 Å². The van der Waals surface area contributed by atoms with Crippen molar-refractivity contribution in [1.29, 1.82) is 0 Å². The molecule has 0 aliphatic heterocycles. The lowest BCUT2D eigenvalue weighted by atomic mass is 10.1. The molecule has 1 amide bonds. The van der Waals surface area contributed by atoms with Crippen LogP contribution < -0.4 is 5.32 Å². The van der Waals surface area contributed by atoms with Crippen molar-refractivity contribution in [3.8, 4) is 0 Å². The molecular formula is C16H25ClN2O. The first-order valence-electron chi connectivity index (χ1n) is 7.31. The largest absolute Gasteiger partial charge is 0.355 e. The molecule has 1 atom stereocenters. The molecule has 0 aromatic heterocycles. The quantitative estimate of drug-likeness (QED) is 0.748. The van der Waals surface area contributed by atoms with E-state index in [9.17, 15) is 4.79 Å². The molecule has 3 nitrogen and oxygen atoms in total. The highest BCUT2D eigenvalue weighted by atomic mass is 35.5. The SMILES string of the molecule is CCC(C(=O)NCCCc1ccccc1Cl)N(C)CC. The molecule has 0 fully saturated rings. The topological polar surface area (TPSA) is 32.3 Å². The minimum absolute atomic E-state index is 0.0275. The Labute approximate surface area is 127 Å². The number of likely N-dealkylation sites (N-methyl/N-ethyl adjacent to an activating group) is 1. The fraction of sp³-hybridized carbons (Fsp3) is 0.562. The number of nitrogens with one attached hydrogen (secondary N) is 1. The maximum atomic E-state index is 12.1. The van der Waals surface area contributed by atoms with E-state index in [4.69, 9.17) is 11.6 Å². The molecule has 0 saturated heterocycles. The molecule has 4 heteroatoms. The molecule has 1 unspecified atom stereocenters. The van der Waals surface area contributed by atoms with Crippen LogP contribution in [0.25, 0.3) is 0 Å². The van der Waals surface area contributed by atoms with Gasteiger partial charge in [0.25, 0.3) is 0 Å². The van der Waals surface area contributed by atoms with E-state index in [1.54, 1.807) is 0 Å². The molecule has 112 valence electrons. The van der Waals surface area contributed by atoms with Crippen molar-refractivity contribution in [1.82, 2.24) is 10.2 Å². The van der Waals surface area contributed by atoms with Crippen molar-refractivity contribution >= 4 is 17.5 Å². The Balaban J connectivity index is 2.33. The highest BCUT2D eigenvalue weighted by Gasteiger charge is 2.19. The number of aryl methyl sites for hydroxylation is 1. The molecule has 20 heavy (non-hydrogen) atoms. The molecule has 0 radical (unpaired) electrons. The summed E-state index contributed by atoms with van der Waals surface area (Å²) in [6.45, 7) is 5.68. The number of hydrogen-bond donors (Lipinski definition) is 1. The van der Waals surface area contributed by atoms with Crippen LogP contribution in [0.3, 0.4) is 0 Å². The maximum absolute atomic E-state index is 12.1. The third-order valence-corrected chi connectivity index (χ3v) is 3.97. The minimum atomic E-state index is -0.0275. The van der Waals surface area contributed by atoms with Gasteiger partial charge in [-0.2, -0.15) is 0 Å². The summed E-state index contributed by atoms with van der Waals surface area (Å²) < 4.78 is 0. The summed E-state index contributed by atoms with van der Waals surface area (Å²) in [4.78, 5) is 14.1. The second-order valence-corrected chi connectivity index (χ2v) is 5.39. The van der Waals surface area contributed by atoms with Crippen LogP contribution in [0, 0.1) is 0 Å². The van der Waals surface area contributed by atoms with Crippen molar-refractivity contribution < 1.29 is 4.79 Å². The number of amides is 1. The third kappa shape index (κ3) is 5.14. The van der Waals surface area contributed by atoms with Gasteiger partial charge in [-0.05, 0) is 44.5 Å². The Morgan fingerprint density at radius 1 is 1.35 bits per heavy atom.